The number of nitrogens with zero attached hydrogens (tertiary/aromatic N) is 2. The van der Waals surface area contributed by atoms with Crippen LogP contribution in [0, 0.1) is 0 Å². The minimum absolute atomic E-state index is 0.0815. The van der Waals surface area contributed by atoms with Crippen LogP contribution in [0.25, 0.3) is 0 Å². The maximum Gasteiger partial charge on any atom is 0.126 e. The summed E-state index contributed by atoms with van der Waals surface area (Å²) < 4.78 is 1.68. The van der Waals surface area contributed by atoms with Gasteiger partial charge in [0.25, 0.3) is 0 Å². The number of aliphatic hydroxyl groups is 1. The topological polar surface area (TPSA) is 76.1 Å². The van der Waals surface area contributed by atoms with E-state index >= 15 is 0 Å². The number of hydrogen-bond donors (Lipinski definition) is 3. The third kappa shape index (κ3) is 1.40. The van der Waals surface area contributed by atoms with Gasteiger partial charge in [-0.25, -0.2) is 4.68 Å². The molecule has 0 unspecified atom stereocenters. The van der Waals surface area contributed by atoms with Gasteiger partial charge in [0.2, 0.25) is 0 Å². The van der Waals surface area contributed by atoms with Crippen molar-refractivity contribution in [3.8, 4) is 0 Å². The molecule has 1 aromatic heterocycles. The van der Waals surface area contributed by atoms with E-state index in [1.165, 1.54) is 0 Å². The van der Waals surface area contributed by atoms with Crippen molar-refractivity contribution >= 4 is 5.82 Å². The zero-order valence-corrected chi connectivity index (χ0v) is 7.45. The smallest absolute Gasteiger partial charge is 0.126 e. The molecule has 0 aliphatic carbocycles. The van der Waals surface area contributed by atoms with Crippen LogP contribution in [0.15, 0.2) is 0 Å². The van der Waals surface area contributed by atoms with E-state index in [1.54, 1.807) is 4.68 Å². The number of fused-ring (bicyclic) bond motifs is 1. The average molecular weight is 182 g/mol. The van der Waals surface area contributed by atoms with Gasteiger partial charge in [-0.1, -0.05) is 0 Å². The number of hydrogen-bond acceptors (Lipinski definition) is 4. The first-order valence-corrected chi connectivity index (χ1v) is 4.48. The number of anilines is 1. The molecule has 5 nitrogen and oxygen atoms in total. The normalized spacial score (nSPS) is 15.8. The van der Waals surface area contributed by atoms with E-state index in [2.05, 4.69) is 10.4 Å². The molecule has 1 aromatic rings. The molecule has 0 bridgehead atoms. The first-order valence-electron chi connectivity index (χ1n) is 4.48. The van der Waals surface area contributed by atoms with E-state index in [1.807, 2.05) is 0 Å². The van der Waals surface area contributed by atoms with Crippen molar-refractivity contribution in [1.29, 1.82) is 0 Å². The minimum atomic E-state index is 0.0815. The zero-order chi connectivity index (χ0) is 9.26. The van der Waals surface area contributed by atoms with Gasteiger partial charge < -0.3 is 16.2 Å². The number of nitrogen functional groups attached to an aromatic ring is 1. The second-order valence-corrected chi connectivity index (χ2v) is 3.18. The van der Waals surface area contributed by atoms with Crippen LogP contribution in [0.1, 0.15) is 11.3 Å². The lowest BCUT2D eigenvalue weighted by Crippen LogP contribution is -2.23. The molecule has 2 heterocycles. The molecule has 72 valence electrons. The third-order valence-electron chi connectivity index (χ3n) is 2.33. The average Bonchev–Trinajstić information content (AvgIpc) is 2.46. The van der Waals surface area contributed by atoms with Crippen LogP contribution in [-0.4, -0.2) is 28.0 Å². The molecule has 0 saturated heterocycles. The molecule has 1 aliphatic rings. The predicted octanol–water partition coefficient (Wildman–Crippen LogP) is -0.897. The highest BCUT2D eigenvalue weighted by Crippen LogP contribution is 2.19. The highest BCUT2D eigenvalue weighted by atomic mass is 16.3. The van der Waals surface area contributed by atoms with Crippen molar-refractivity contribution in [3.05, 3.63) is 11.3 Å². The highest BCUT2D eigenvalue weighted by Gasteiger charge is 2.17. The van der Waals surface area contributed by atoms with Gasteiger partial charge in [-0.05, 0) is 0 Å². The fourth-order valence-electron chi connectivity index (χ4n) is 1.64. The maximum atomic E-state index is 8.77. The van der Waals surface area contributed by atoms with E-state index in [4.69, 9.17) is 10.8 Å². The fraction of sp³-hybridized carbons (Fsp3) is 0.625. The second-order valence-electron chi connectivity index (χ2n) is 3.18. The Kier molecular flexibility index (Phi) is 2.20. The molecule has 0 aromatic carbocycles. The molecule has 0 radical (unpaired) electrons. The lowest BCUT2D eigenvalue weighted by molar-refractivity contribution is 0.270. The first-order chi connectivity index (χ1) is 6.33. The van der Waals surface area contributed by atoms with Gasteiger partial charge in [0.1, 0.15) is 5.82 Å². The van der Waals surface area contributed by atoms with E-state index in [0.29, 0.717) is 12.4 Å². The van der Waals surface area contributed by atoms with Crippen LogP contribution in [0.2, 0.25) is 0 Å². The van der Waals surface area contributed by atoms with Crippen LogP contribution in [-0.2, 0) is 19.5 Å². The van der Waals surface area contributed by atoms with Crippen molar-refractivity contribution in [2.24, 2.45) is 0 Å². The van der Waals surface area contributed by atoms with Crippen LogP contribution in [0.5, 0.6) is 0 Å². The SMILES string of the molecule is Nc1c2c(nn1CCO)CCNC2. The van der Waals surface area contributed by atoms with Gasteiger partial charge in [-0.2, -0.15) is 5.10 Å². The Hall–Kier alpha value is -1.07. The van der Waals surface area contributed by atoms with Crippen LogP contribution >= 0.6 is 0 Å². The molecular weight excluding hydrogens is 168 g/mol. The largest absolute Gasteiger partial charge is 0.394 e. The van der Waals surface area contributed by atoms with Gasteiger partial charge >= 0.3 is 0 Å². The highest BCUT2D eigenvalue weighted by molar-refractivity contribution is 5.44. The van der Waals surface area contributed by atoms with E-state index in [-0.39, 0.29) is 6.61 Å². The second kappa shape index (κ2) is 3.35. The van der Waals surface area contributed by atoms with Gasteiger partial charge in [0, 0.05) is 25.1 Å². The lowest BCUT2D eigenvalue weighted by Gasteiger charge is -2.10. The summed E-state index contributed by atoms with van der Waals surface area (Å²) in [5, 5.41) is 16.3. The van der Waals surface area contributed by atoms with Crippen molar-refractivity contribution in [2.45, 2.75) is 19.5 Å². The van der Waals surface area contributed by atoms with Crippen molar-refractivity contribution in [2.75, 3.05) is 18.9 Å². The monoisotopic (exact) mass is 182 g/mol. The number of nitrogens with two attached hydrogens (primary N) is 1. The zero-order valence-electron chi connectivity index (χ0n) is 7.45. The Morgan fingerprint density at radius 2 is 2.46 bits per heavy atom. The summed E-state index contributed by atoms with van der Waals surface area (Å²) in [6.07, 6.45) is 0.929. The molecule has 0 amide bonds. The van der Waals surface area contributed by atoms with Crippen LogP contribution in [0.3, 0.4) is 0 Å². The molecule has 0 spiro atoms. The van der Waals surface area contributed by atoms with Gasteiger partial charge in [-0.15, -0.1) is 0 Å². The Morgan fingerprint density at radius 1 is 1.62 bits per heavy atom. The van der Waals surface area contributed by atoms with Crippen LogP contribution < -0.4 is 11.1 Å². The quantitative estimate of drug-likeness (QED) is 0.554. The Bertz CT molecular complexity index is 307. The van der Waals surface area contributed by atoms with Crippen molar-refractivity contribution < 1.29 is 5.11 Å². The predicted molar refractivity (Wildman–Crippen MR) is 49.1 cm³/mol. The van der Waals surface area contributed by atoms with Crippen molar-refractivity contribution in [1.82, 2.24) is 15.1 Å². The van der Waals surface area contributed by atoms with E-state index in [9.17, 15) is 0 Å². The van der Waals surface area contributed by atoms with E-state index < -0.39 is 0 Å². The molecule has 13 heavy (non-hydrogen) atoms. The molecule has 2 rings (SSSR count). The Morgan fingerprint density at radius 3 is 3.15 bits per heavy atom. The summed E-state index contributed by atoms with van der Waals surface area (Å²) >= 11 is 0. The Balaban J connectivity index is 2.33. The summed E-state index contributed by atoms with van der Waals surface area (Å²) in [4.78, 5) is 0. The van der Waals surface area contributed by atoms with Crippen LogP contribution in [0.4, 0.5) is 5.82 Å². The molecule has 5 heteroatoms. The van der Waals surface area contributed by atoms with Gasteiger partial charge in [-0.3, -0.25) is 0 Å². The number of aliphatic hydroxyl groups excluding tert-OH is 1. The molecule has 1 aliphatic heterocycles. The molecule has 0 fully saturated rings. The molecule has 0 atom stereocenters. The van der Waals surface area contributed by atoms with Gasteiger partial charge in [0.15, 0.2) is 0 Å². The summed E-state index contributed by atoms with van der Waals surface area (Å²) in [6, 6.07) is 0. The summed E-state index contributed by atoms with van der Waals surface area (Å²) in [6.45, 7) is 2.33. The number of nitrogens with one attached hydrogen (secondary N) is 1. The number of rotatable bonds is 2. The summed E-state index contributed by atoms with van der Waals surface area (Å²) in [5.74, 6) is 0.691. The lowest BCUT2D eigenvalue weighted by atomic mass is 10.1. The standard InChI is InChI=1S/C8H14N4O/c9-8-6-5-10-2-1-7(6)11-12(8)3-4-13/h10,13H,1-5,9H2. The summed E-state index contributed by atoms with van der Waals surface area (Å²) in [5.41, 5.74) is 8.03. The first kappa shape index (κ1) is 8.52. The third-order valence-corrected chi connectivity index (χ3v) is 2.33. The number of aromatic nitrogens is 2. The maximum absolute atomic E-state index is 8.77. The summed E-state index contributed by atoms with van der Waals surface area (Å²) in [7, 11) is 0. The molecular formula is C8H14N4O. The molecule has 4 N–H and O–H groups in total. The minimum Gasteiger partial charge on any atom is -0.394 e. The van der Waals surface area contributed by atoms with E-state index in [0.717, 1.165) is 30.8 Å². The fourth-order valence-corrected chi connectivity index (χ4v) is 1.64. The molecule has 0 saturated carbocycles. The van der Waals surface area contributed by atoms with Crippen molar-refractivity contribution in [3.63, 3.8) is 0 Å². The Labute approximate surface area is 76.5 Å². The van der Waals surface area contributed by atoms with Gasteiger partial charge in [0.05, 0.1) is 18.8 Å².